The molecule has 0 fully saturated rings. The van der Waals surface area contributed by atoms with Gasteiger partial charge in [0.2, 0.25) is 11.3 Å². The van der Waals surface area contributed by atoms with Gasteiger partial charge in [-0.05, 0) is 79.8 Å². The van der Waals surface area contributed by atoms with Gasteiger partial charge in [-0.3, -0.25) is 0 Å². The van der Waals surface area contributed by atoms with Crippen LogP contribution >= 0.6 is 45.2 Å². The number of halogens is 2. The fraction of sp³-hybridized carbons (Fsp3) is 0. The van der Waals surface area contributed by atoms with E-state index < -0.39 is 0 Å². The van der Waals surface area contributed by atoms with E-state index in [2.05, 4.69) is 70.1 Å². The van der Waals surface area contributed by atoms with Crippen molar-refractivity contribution in [2.45, 2.75) is 0 Å². The molecule has 2 aromatic heterocycles. The van der Waals surface area contributed by atoms with Crippen LogP contribution in [0.25, 0.3) is 11.3 Å². The highest BCUT2D eigenvalue weighted by atomic mass is 127. The molecule has 25 heavy (non-hydrogen) atoms. The summed E-state index contributed by atoms with van der Waals surface area (Å²) in [4.78, 5) is 8.63. The normalized spacial score (nSPS) is 10.8. The first-order chi connectivity index (χ1) is 12.2. The smallest absolute Gasteiger partial charge is 0.286 e. The van der Waals surface area contributed by atoms with Crippen molar-refractivity contribution >= 4 is 56.5 Å². The van der Waals surface area contributed by atoms with Crippen LogP contribution in [-0.4, -0.2) is 20.3 Å². The van der Waals surface area contributed by atoms with Gasteiger partial charge in [-0.15, -0.1) is 0 Å². The van der Waals surface area contributed by atoms with Crippen LogP contribution in [-0.2, 0) is 0 Å². The molecule has 0 radical (unpaired) electrons. The van der Waals surface area contributed by atoms with Crippen LogP contribution in [0.2, 0.25) is 0 Å². The molecule has 124 valence electrons. The summed E-state index contributed by atoms with van der Waals surface area (Å²) in [5, 5.41) is 7.42. The standard InChI is InChI=1S/C16H8I2N4O3/c17-9-5-1-3-7-11(9)23-15-16(20-14-13(19-15)21-25-22-14)24-12-8-4-2-6-10(12)18/h1-8H. The van der Waals surface area contributed by atoms with Crippen molar-refractivity contribution in [2.75, 3.05) is 0 Å². The fourth-order valence-electron chi connectivity index (χ4n) is 2.00. The Balaban J connectivity index is 1.78. The van der Waals surface area contributed by atoms with E-state index in [1.54, 1.807) is 0 Å². The number of ether oxygens (including phenoxy) is 2. The number of hydrogen-bond acceptors (Lipinski definition) is 7. The van der Waals surface area contributed by atoms with Gasteiger partial charge in [-0.25, -0.2) is 4.63 Å². The molecule has 4 aromatic rings. The summed E-state index contributed by atoms with van der Waals surface area (Å²) in [5.74, 6) is 1.65. The number of aromatic nitrogens is 4. The molecule has 4 rings (SSSR count). The van der Waals surface area contributed by atoms with Crippen molar-refractivity contribution < 1.29 is 14.1 Å². The van der Waals surface area contributed by atoms with Gasteiger partial charge in [0.25, 0.3) is 11.8 Å². The van der Waals surface area contributed by atoms with Crippen molar-refractivity contribution in [3.63, 3.8) is 0 Å². The van der Waals surface area contributed by atoms with E-state index in [1.165, 1.54) is 0 Å². The molecule has 0 N–H and O–H groups in total. The summed E-state index contributed by atoms with van der Waals surface area (Å²) in [6, 6.07) is 15.1. The van der Waals surface area contributed by atoms with Gasteiger partial charge in [0, 0.05) is 0 Å². The predicted molar refractivity (Wildman–Crippen MR) is 106 cm³/mol. The molecular weight excluding hydrogens is 550 g/mol. The first kappa shape index (κ1) is 16.4. The van der Waals surface area contributed by atoms with Gasteiger partial charge in [-0.2, -0.15) is 9.97 Å². The van der Waals surface area contributed by atoms with Crippen LogP contribution in [0.1, 0.15) is 0 Å². The second kappa shape index (κ2) is 7.07. The molecule has 0 amide bonds. The monoisotopic (exact) mass is 558 g/mol. The third-order valence-electron chi connectivity index (χ3n) is 3.14. The van der Waals surface area contributed by atoms with Crippen LogP contribution in [0.5, 0.6) is 23.3 Å². The van der Waals surface area contributed by atoms with E-state index in [0.29, 0.717) is 11.5 Å². The second-order valence-electron chi connectivity index (χ2n) is 4.81. The Hall–Kier alpha value is -2.02. The average molecular weight is 558 g/mol. The molecule has 0 aliphatic heterocycles. The summed E-state index contributed by atoms with van der Waals surface area (Å²) < 4.78 is 18.4. The van der Waals surface area contributed by atoms with Crippen LogP contribution in [0, 0.1) is 7.14 Å². The van der Waals surface area contributed by atoms with E-state index in [-0.39, 0.29) is 23.1 Å². The van der Waals surface area contributed by atoms with E-state index in [1.807, 2.05) is 48.5 Å². The first-order valence-corrected chi connectivity index (χ1v) is 9.21. The summed E-state index contributed by atoms with van der Waals surface area (Å²) in [7, 11) is 0. The summed E-state index contributed by atoms with van der Waals surface area (Å²) in [6.07, 6.45) is 0. The van der Waals surface area contributed by atoms with E-state index >= 15 is 0 Å². The molecule has 9 heteroatoms. The lowest BCUT2D eigenvalue weighted by Crippen LogP contribution is -1.98. The van der Waals surface area contributed by atoms with Gasteiger partial charge >= 0.3 is 0 Å². The molecule has 0 aliphatic carbocycles. The third-order valence-corrected chi connectivity index (χ3v) is 4.92. The molecule has 0 bridgehead atoms. The summed E-state index contributed by atoms with van der Waals surface area (Å²) in [5.41, 5.74) is 0.493. The van der Waals surface area contributed by atoms with Crippen LogP contribution in [0.4, 0.5) is 0 Å². The quantitative estimate of drug-likeness (QED) is 0.333. The Morgan fingerprint density at radius 1 is 0.680 bits per heavy atom. The Morgan fingerprint density at radius 3 is 1.56 bits per heavy atom. The highest BCUT2D eigenvalue weighted by Gasteiger charge is 2.18. The van der Waals surface area contributed by atoms with Crippen molar-refractivity contribution in [3.8, 4) is 23.3 Å². The number of benzene rings is 2. The van der Waals surface area contributed by atoms with E-state index in [0.717, 1.165) is 7.14 Å². The fourth-order valence-corrected chi connectivity index (χ4v) is 3.00. The Bertz CT molecular complexity index is 973. The van der Waals surface area contributed by atoms with Gasteiger partial charge in [0.05, 0.1) is 7.14 Å². The predicted octanol–water partition coefficient (Wildman–Crippen LogP) is 4.81. The maximum atomic E-state index is 5.91. The Morgan fingerprint density at radius 2 is 1.12 bits per heavy atom. The Kier molecular flexibility index (Phi) is 4.65. The number of nitrogens with zero attached hydrogens (tertiary/aromatic N) is 4. The van der Waals surface area contributed by atoms with E-state index in [4.69, 9.17) is 9.47 Å². The van der Waals surface area contributed by atoms with Gasteiger partial charge in [0.1, 0.15) is 11.5 Å². The number of rotatable bonds is 4. The topological polar surface area (TPSA) is 83.2 Å². The zero-order valence-corrected chi connectivity index (χ0v) is 16.7. The maximum Gasteiger partial charge on any atom is 0.286 e. The van der Waals surface area contributed by atoms with Crippen molar-refractivity contribution in [1.82, 2.24) is 20.3 Å². The molecular formula is C16H8I2N4O3. The minimum atomic E-state index is 0.187. The molecule has 0 unspecified atom stereocenters. The van der Waals surface area contributed by atoms with Crippen LogP contribution < -0.4 is 9.47 Å². The molecule has 2 aromatic carbocycles. The van der Waals surface area contributed by atoms with Crippen LogP contribution in [0.15, 0.2) is 53.2 Å². The van der Waals surface area contributed by atoms with E-state index in [9.17, 15) is 0 Å². The number of hydrogen-bond donors (Lipinski definition) is 0. The van der Waals surface area contributed by atoms with Gasteiger partial charge in [-0.1, -0.05) is 24.3 Å². The van der Waals surface area contributed by atoms with Gasteiger partial charge in [0.15, 0.2) is 0 Å². The summed E-state index contributed by atoms with van der Waals surface area (Å²) >= 11 is 4.37. The maximum absolute atomic E-state index is 5.91. The lowest BCUT2D eigenvalue weighted by atomic mass is 10.3. The second-order valence-corrected chi connectivity index (χ2v) is 7.13. The number of para-hydroxylation sites is 2. The minimum Gasteiger partial charge on any atom is -0.434 e. The van der Waals surface area contributed by atoms with Crippen LogP contribution in [0.3, 0.4) is 0 Å². The highest BCUT2D eigenvalue weighted by molar-refractivity contribution is 14.1. The zero-order chi connectivity index (χ0) is 17.2. The highest BCUT2D eigenvalue weighted by Crippen LogP contribution is 2.35. The molecule has 0 spiro atoms. The van der Waals surface area contributed by atoms with Crippen molar-refractivity contribution in [2.24, 2.45) is 0 Å². The zero-order valence-electron chi connectivity index (χ0n) is 12.4. The largest absolute Gasteiger partial charge is 0.434 e. The minimum absolute atomic E-state index is 0.187. The van der Waals surface area contributed by atoms with Crippen molar-refractivity contribution in [3.05, 3.63) is 55.7 Å². The van der Waals surface area contributed by atoms with Crippen molar-refractivity contribution in [1.29, 1.82) is 0 Å². The molecule has 0 atom stereocenters. The lowest BCUT2D eigenvalue weighted by Gasteiger charge is -2.11. The molecule has 0 saturated carbocycles. The average Bonchev–Trinajstić information content (AvgIpc) is 3.06. The number of fused-ring (bicyclic) bond motifs is 1. The lowest BCUT2D eigenvalue weighted by molar-refractivity contribution is 0.314. The Labute approximate surface area is 169 Å². The molecule has 0 aliphatic rings. The molecule has 7 nitrogen and oxygen atoms in total. The molecule has 0 saturated heterocycles. The SMILES string of the molecule is Ic1ccccc1Oc1nc2nonc2nc1Oc1ccccc1I. The summed E-state index contributed by atoms with van der Waals surface area (Å²) in [6.45, 7) is 0. The third kappa shape index (κ3) is 3.51. The van der Waals surface area contributed by atoms with Gasteiger partial charge < -0.3 is 9.47 Å². The molecule has 2 heterocycles. The first-order valence-electron chi connectivity index (χ1n) is 7.06.